The maximum absolute atomic E-state index is 12.0. The molecule has 2 N–H and O–H groups in total. The molecule has 0 aromatic heterocycles. The summed E-state index contributed by atoms with van der Waals surface area (Å²) >= 11 is 0. The lowest BCUT2D eigenvalue weighted by Crippen LogP contribution is -2.19. The minimum absolute atomic E-state index is 0.101. The van der Waals surface area contributed by atoms with Gasteiger partial charge in [-0.2, -0.15) is 5.10 Å². The van der Waals surface area contributed by atoms with E-state index in [-0.39, 0.29) is 11.7 Å². The standard InChI is InChI=1S/C17H18N2O4/c1-11(15-9-8-14(22-2)10-16(15)23-3)18-19-17(21)12-4-6-13(20)7-5-12/h4-10,20H,1-3H3,(H,19,21)/b18-11-. The summed E-state index contributed by atoms with van der Waals surface area (Å²) in [5.74, 6) is 1.01. The number of hydrogen-bond donors (Lipinski definition) is 2. The van der Waals surface area contributed by atoms with Crippen molar-refractivity contribution < 1.29 is 19.4 Å². The van der Waals surface area contributed by atoms with E-state index in [1.165, 1.54) is 24.3 Å². The lowest BCUT2D eigenvalue weighted by Gasteiger charge is -2.10. The molecule has 6 heteroatoms. The summed E-state index contributed by atoms with van der Waals surface area (Å²) in [5, 5.41) is 13.3. The lowest BCUT2D eigenvalue weighted by molar-refractivity contribution is 0.0955. The molecule has 6 nitrogen and oxygen atoms in total. The molecule has 0 unspecified atom stereocenters. The predicted octanol–water partition coefficient (Wildman–Crippen LogP) is 2.56. The number of amides is 1. The van der Waals surface area contributed by atoms with Gasteiger partial charge in [0, 0.05) is 17.2 Å². The van der Waals surface area contributed by atoms with Gasteiger partial charge in [-0.25, -0.2) is 5.43 Å². The highest BCUT2D eigenvalue weighted by Gasteiger charge is 2.09. The Morgan fingerprint density at radius 3 is 2.39 bits per heavy atom. The van der Waals surface area contributed by atoms with Crippen LogP contribution in [0.1, 0.15) is 22.8 Å². The summed E-state index contributed by atoms with van der Waals surface area (Å²) < 4.78 is 10.5. The molecule has 2 aromatic rings. The first kappa shape index (κ1) is 16.4. The molecule has 0 aliphatic heterocycles. The number of nitrogens with zero attached hydrogens (tertiary/aromatic N) is 1. The van der Waals surface area contributed by atoms with E-state index in [9.17, 15) is 9.90 Å². The molecule has 0 atom stereocenters. The maximum Gasteiger partial charge on any atom is 0.271 e. The third kappa shape index (κ3) is 4.00. The van der Waals surface area contributed by atoms with Crippen LogP contribution in [-0.4, -0.2) is 30.9 Å². The number of phenols is 1. The zero-order valence-electron chi connectivity index (χ0n) is 13.2. The molecule has 0 fully saturated rings. The van der Waals surface area contributed by atoms with Crippen LogP contribution >= 0.6 is 0 Å². The summed E-state index contributed by atoms with van der Waals surface area (Å²) in [5.41, 5.74) is 4.22. The fraction of sp³-hybridized carbons (Fsp3) is 0.176. The fourth-order valence-electron chi connectivity index (χ4n) is 1.97. The van der Waals surface area contributed by atoms with Gasteiger partial charge in [0.05, 0.1) is 19.9 Å². The van der Waals surface area contributed by atoms with Crippen molar-refractivity contribution in [2.75, 3.05) is 14.2 Å². The van der Waals surface area contributed by atoms with Crippen molar-refractivity contribution in [2.45, 2.75) is 6.92 Å². The van der Waals surface area contributed by atoms with Crippen LogP contribution in [-0.2, 0) is 0 Å². The van der Waals surface area contributed by atoms with Gasteiger partial charge < -0.3 is 14.6 Å². The summed E-state index contributed by atoms with van der Waals surface area (Å²) in [7, 11) is 3.13. The number of rotatable bonds is 5. The number of aromatic hydroxyl groups is 1. The van der Waals surface area contributed by atoms with Crippen LogP contribution in [0.3, 0.4) is 0 Å². The van der Waals surface area contributed by atoms with E-state index in [1.54, 1.807) is 33.3 Å². The Morgan fingerprint density at radius 2 is 1.78 bits per heavy atom. The molecule has 23 heavy (non-hydrogen) atoms. The quantitative estimate of drug-likeness (QED) is 0.656. The molecule has 2 aromatic carbocycles. The van der Waals surface area contributed by atoms with Crippen molar-refractivity contribution >= 4 is 11.6 Å². The SMILES string of the molecule is COc1ccc(/C(C)=N\NC(=O)c2ccc(O)cc2)c(OC)c1. The molecule has 0 spiro atoms. The Morgan fingerprint density at radius 1 is 1.09 bits per heavy atom. The zero-order chi connectivity index (χ0) is 16.8. The van der Waals surface area contributed by atoms with Crippen LogP contribution in [0.5, 0.6) is 17.2 Å². The molecule has 0 aliphatic rings. The van der Waals surface area contributed by atoms with Gasteiger partial charge in [-0.3, -0.25) is 4.79 Å². The molecule has 120 valence electrons. The van der Waals surface area contributed by atoms with Crippen molar-refractivity contribution in [1.29, 1.82) is 0 Å². The average Bonchev–Trinajstić information content (AvgIpc) is 2.59. The zero-order valence-corrected chi connectivity index (χ0v) is 13.2. The monoisotopic (exact) mass is 314 g/mol. The van der Waals surface area contributed by atoms with Gasteiger partial charge in [0.2, 0.25) is 0 Å². The van der Waals surface area contributed by atoms with Crippen LogP contribution < -0.4 is 14.9 Å². The Balaban J connectivity index is 2.16. The molecule has 0 saturated heterocycles. The van der Waals surface area contributed by atoms with Crippen LogP contribution in [0.15, 0.2) is 47.6 Å². The Labute approximate surface area is 134 Å². The van der Waals surface area contributed by atoms with Crippen molar-refractivity contribution in [3.63, 3.8) is 0 Å². The van der Waals surface area contributed by atoms with E-state index in [0.29, 0.717) is 22.8 Å². The first-order valence-corrected chi connectivity index (χ1v) is 6.91. The summed E-state index contributed by atoms with van der Waals surface area (Å²) in [6.07, 6.45) is 0. The number of phenolic OH excluding ortho intramolecular Hbond substituents is 1. The number of methoxy groups -OCH3 is 2. The van der Waals surface area contributed by atoms with E-state index in [2.05, 4.69) is 10.5 Å². The van der Waals surface area contributed by atoms with Crippen LogP contribution in [0.2, 0.25) is 0 Å². The molecule has 0 radical (unpaired) electrons. The summed E-state index contributed by atoms with van der Waals surface area (Å²) in [4.78, 5) is 12.0. The molecule has 1 amide bonds. The first-order valence-electron chi connectivity index (χ1n) is 6.91. The molecular formula is C17H18N2O4. The van der Waals surface area contributed by atoms with Crippen molar-refractivity contribution in [1.82, 2.24) is 5.43 Å². The molecule has 2 rings (SSSR count). The predicted molar refractivity (Wildman–Crippen MR) is 87.3 cm³/mol. The number of benzene rings is 2. The minimum Gasteiger partial charge on any atom is -0.508 e. The number of carbonyl (C=O) groups excluding carboxylic acids is 1. The lowest BCUT2D eigenvalue weighted by atomic mass is 10.1. The number of hydrazone groups is 1. The van der Waals surface area contributed by atoms with Gasteiger partial charge in [0.25, 0.3) is 5.91 Å². The molecule has 0 saturated carbocycles. The number of nitrogens with one attached hydrogen (secondary N) is 1. The number of hydrogen-bond acceptors (Lipinski definition) is 5. The Hall–Kier alpha value is -3.02. The van der Waals surface area contributed by atoms with E-state index < -0.39 is 0 Å². The van der Waals surface area contributed by atoms with E-state index >= 15 is 0 Å². The molecule has 0 bridgehead atoms. The number of carbonyl (C=O) groups is 1. The Bertz CT molecular complexity index is 724. The van der Waals surface area contributed by atoms with Crippen LogP contribution in [0.4, 0.5) is 0 Å². The topological polar surface area (TPSA) is 80.2 Å². The van der Waals surface area contributed by atoms with Gasteiger partial charge in [-0.05, 0) is 43.3 Å². The second kappa shape index (κ2) is 7.31. The molecule has 0 heterocycles. The first-order chi connectivity index (χ1) is 11.0. The van der Waals surface area contributed by atoms with Gasteiger partial charge in [0.15, 0.2) is 0 Å². The largest absolute Gasteiger partial charge is 0.508 e. The van der Waals surface area contributed by atoms with E-state index in [0.717, 1.165) is 5.56 Å². The van der Waals surface area contributed by atoms with Gasteiger partial charge in [-0.15, -0.1) is 0 Å². The Kier molecular flexibility index (Phi) is 5.19. The summed E-state index contributed by atoms with van der Waals surface area (Å²) in [6.45, 7) is 1.77. The van der Waals surface area contributed by atoms with Crippen molar-refractivity contribution in [2.24, 2.45) is 5.10 Å². The van der Waals surface area contributed by atoms with E-state index in [1.807, 2.05) is 6.07 Å². The van der Waals surface area contributed by atoms with Crippen LogP contribution in [0, 0.1) is 0 Å². The maximum atomic E-state index is 12.0. The van der Waals surface area contributed by atoms with Gasteiger partial charge in [-0.1, -0.05) is 0 Å². The highest BCUT2D eigenvalue weighted by atomic mass is 16.5. The van der Waals surface area contributed by atoms with Gasteiger partial charge in [0.1, 0.15) is 17.2 Å². The minimum atomic E-state index is -0.364. The smallest absolute Gasteiger partial charge is 0.271 e. The average molecular weight is 314 g/mol. The highest BCUT2D eigenvalue weighted by molar-refractivity contribution is 6.02. The van der Waals surface area contributed by atoms with Crippen LogP contribution in [0.25, 0.3) is 0 Å². The third-order valence-corrected chi connectivity index (χ3v) is 3.25. The second-order valence-corrected chi connectivity index (χ2v) is 4.75. The van der Waals surface area contributed by atoms with Crippen molar-refractivity contribution in [3.8, 4) is 17.2 Å². The third-order valence-electron chi connectivity index (χ3n) is 3.25. The highest BCUT2D eigenvalue weighted by Crippen LogP contribution is 2.25. The van der Waals surface area contributed by atoms with Crippen molar-refractivity contribution in [3.05, 3.63) is 53.6 Å². The van der Waals surface area contributed by atoms with Gasteiger partial charge >= 0.3 is 0 Å². The second-order valence-electron chi connectivity index (χ2n) is 4.75. The molecule has 0 aliphatic carbocycles. The summed E-state index contributed by atoms with van der Waals surface area (Å²) in [6, 6.07) is 11.3. The normalized spacial score (nSPS) is 11.0. The molecular weight excluding hydrogens is 296 g/mol. The number of ether oxygens (including phenoxy) is 2. The fourth-order valence-corrected chi connectivity index (χ4v) is 1.97. The van der Waals surface area contributed by atoms with E-state index in [4.69, 9.17) is 9.47 Å².